The van der Waals surface area contributed by atoms with Crippen molar-refractivity contribution >= 4 is 63.5 Å². The van der Waals surface area contributed by atoms with Gasteiger partial charge in [0.1, 0.15) is 17.0 Å². The molecule has 0 radical (unpaired) electrons. The van der Waals surface area contributed by atoms with Gasteiger partial charge in [-0.15, -0.1) is 23.1 Å². The Morgan fingerprint density at radius 3 is 2.70 bits per heavy atom. The molecule has 1 N–H and O–H groups in total. The fourth-order valence-corrected chi connectivity index (χ4v) is 5.83. The maximum atomic E-state index is 12.7. The van der Waals surface area contributed by atoms with Crippen LogP contribution in [-0.2, 0) is 25.5 Å². The monoisotopic (exact) mass is 520 g/mol. The molecule has 0 spiro atoms. The molecule has 1 unspecified atom stereocenters. The molecule has 0 saturated carbocycles. The second kappa shape index (κ2) is 8.12. The predicted molar refractivity (Wildman–Crippen MR) is 115 cm³/mol. The summed E-state index contributed by atoms with van der Waals surface area (Å²) in [6, 6.07) is 2.45. The average molecular weight is 520 g/mol. The van der Waals surface area contributed by atoms with E-state index < -0.39 is 23.7 Å². The number of hydrogen-bond donors (Lipinski definition) is 1. The number of ether oxygens (including phenoxy) is 1. The number of thiophene rings is 1. The molecule has 1 fully saturated rings. The molecule has 2 amide bonds. The summed E-state index contributed by atoms with van der Waals surface area (Å²) in [4.78, 5) is 40.2. The van der Waals surface area contributed by atoms with Crippen LogP contribution in [0.1, 0.15) is 25.6 Å². The number of nitrogens with zero attached hydrogens (tertiary/aromatic N) is 1. The zero-order valence-electron chi connectivity index (χ0n) is 15.2. The number of carbonyl (C=O) groups excluding carboxylic acids is 3. The normalized spacial score (nSPS) is 24.6. The average Bonchev–Trinajstić information content (AvgIpc) is 3.09. The highest BCUT2D eigenvalue weighted by Crippen LogP contribution is 2.41. The van der Waals surface area contributed by atoms with Crippen LogP contribution in [0.5, 0.6) is 0 Å². The molecule has 1 aromatic rings. The van der Waals surface area contributed by atoms with E-state index in [-0.39, 0.29) is 23.6 Å². The zero-order chi connectivity index (χ0) is 19.8. The first-order valence-corrected chi connectivity index (χ1v) is 11.8. The number of β-lactam (4-membered cyclic amide) rings is 1. The van der Waals surface area contributed by atoms with E-state index in [9.17, 15) is 14.4 Å². The maximum absolute atomic E-state index is 12.7. The molecule has 0 aromatic carbocycles. The van der Waals surface area contributed by atoms with Crippen molar-refractivity contribution in [3.63, 3.8) is 0 Å². The van der Waals surface area contributed by atoms with E-state index in [1.54, 1.807) is 25.7 Å². The minimum Gasteiger partial charge on any atom is -0.458 e. The molecule has 1 aromatic heterocycles. The van der Waals surface area contributed by atoms with Crippen molar-refractivity contribution < 1.29 is 19.1 Å². The van der Waals surface area contributed by atoms with Gasteiger partial charge in [0.05, 0.1) is 6.42 Å². The lowest BCUT2D eigenvalue weighted by molar-refractivity contribution is -0.170. The number of alkyl halides is 1. The molecule has 27 heavy (non-hydrogen) atoms. The molecule has 0 bridgehead atoms. The number of fused-ring (bicyclic) bond motifs is 1. The molecule has 146 valence electrons. The second-order valence-electron chi connectivity index (χ2n) is 7.34. The molecule has 1 saturated heterocycles. The van der Waals surface area contributed by atoms with Crippen molar-refractivity contribution in [3.8, 4) is 0 Å². The van der Waals surface area contributed by atoms with Crippen molar-refractivity contribution in [3.05, 3.63) is 33.4 Å². The summed E-state index contributed by atoms with van der Waals surface area (Å²) in [6.45, 7) is 5.41. The number of carbonyl (C=O) groups is 3. The summed E-state index contributed by atoms with van der Waals surface area (Å²) < 4.78 is 6.15. The number of rotatable bonds is 5. The lowest BCUT2D eigenvalue weighted by atomic mass is 9.98. The van der Waals surface area contributed by atoms with Crippen LogP contribution in [0.4, 0.5) is 0 Å². The van der Waals surface area contributed by atoms with Crippen LogP contribution in [0, 0.1) is 0 Å². The van der Waals surface area contributed by atoms with Crippen LogP contribution in [0.15, 0.2) is 28.5 Å². The first kappa shape index (κ1) is 20.7. The van der Waals surface area contributed by atoms with E-state index in [2.05, 4.69) is 27.9 Å². The van der Waals surface area contributed by atoms with Crippen LogP contribution < -0.4 is 5.32 Å². The molecule has 9 heteroatoms. The van der Waals surface area contributed by atoms with Crippen LogP contribution in [0.2, 0.25) is 0 Å². The summed E-state index contributed by atoms with van der Waals surface area (Å²) in [5.74, 6) is -0.848. The molecular formula is C18H21IN2O4S2. The van der Waals surface area contributed by atoms with E-state index in [0.717, 1.165) is 10.5 Å². The Kier molecular flexibility index (Phi) is 6.21. The predicted octanol–water partition coefficient (Wildman–Crippen LogP) is 2.72. The molecule has 2 aliphatic rings. The summed E-state index contributed by atoms with van der Waals surface area (Å²) >= 11 is 5.15. The van der Waals surface area contributed by atoms with Gasteiger partial charge in [0.15, 0.2) is 6.04 Å². The Balaban J connectivity index is 1.71. The van der Waals surface area contributed by atoms with Gasteiger partial charge in [-0.3, -0.25) is 9.59 Å². The smallest absolute Gasteiger partial charge is 0.333 e. The van der Waals surface area contributed by atoms with Crippen molar-refractivity contribution in [2.75, 3.05) is 4.43 Å². The molecule has 6 nitrogen and oxygen atoms in total. The fraction of sp³-hybridized carbons (Fsp3) is 0.500. The van der Waals surface area contributed by atoms with Gasteiger partial charge in [0, 0.05) is 9.30 Å². The topological polar surface area (TPSA) is 75.7 Å². The molecule has 3 atom stereocenters. The Bertz CT molecular complexity index is 773. The van der Waals surface area contributed by atoms with E-state index in [1.807, 2.05) is 22.9 Å². The summed E-state index contributed by atoms with van der Waals surface area (Å²) in [5, 5.41) is 6.37. The third kappa shape index (κ3) is 4.51. The van der Waals surface area contributed by atoms with Gasteiger partial charge in [0.2, 0.25) is 11.8 Å². The number of amides is 2. The molecule has 3 heterocycles. The lowest BCUT2D eigenvalue weighted by Crippen LogP contribution is -2.74. The van der Waals surface area contributed by atoms with Gasteiger partial charge in [-0.2, -0.15) is 0 Å². The van der Waals surface area contributed by atoms with Gasteiger partial charge in [0.25, 0.3) is 0 Å². The molecule has 2 aliphatic heterocycles. The Morgan fingerprint density at radius 2 is 2.11 bits per heavy atom. The van der Waals surface area contributed by atoms with Crippen LogP contribution in [-0.4, -0.2) is 50.2 Å². The number of hydrogen-bond acceptors (Lipinski definition) is 6. The maximum Gasteiger partial charge on any atom is 0.333 e. The van der Waals surface area contributed by atoms with E-state index in [1.165, 1.54) is 23.1 Å². The zero-order valence-corrected chi connectivity index (χ0v) is 19.0. The third-order valence-electron chi connectivity index (χ3n) is 4.08. The number of nitrogens with one attached hydrogen (secondary N) is 1. The van der Waals surface area contributed by atoms with Gasteiger partial charge >= 0.3 is 5.97 Å². The van der Waals surface area contributed by atoms with Gasteiger partial charge in [-0.05, 0) is 43.2 Å². The highest BCUT2D eigenvalue weighted by atomic mass is 127. The first-order chi connectivity index (χ1) is 12.7. The second-order valence-corrected chi connectivity index (χ2v) is 10.1. The van der Waals surface area contributed by atoms with Crippen LogP contribution >= 0.6 is 45.7 Å². The summed E-state index contributed by atoms with van der Waals surface area (Å²) in [6.07, 6.45) is 0.253. The van der Waals surface area contributed by atoms with Crippen molar-refractivity contribution in [2.24, 2.45) is 0 Å². The summed E-state index contributed by atoms with van der Waals surface area (Å²) in [7, 11) is 0. The Morgan fingerprint density at radius 1 is 1.37 bits per heavy atom. The van der Waals surface area contributed by atoms with Gasteiger partial charge < -0.3 is 15.0 Å². The lowest BCUT2D eigenvalue weighted by Gasteiger charge is -2.52. The fourth-order valence-electron chi connectivity index (χ4n) is 2.96. The quantitative estimate of drug-likeness (QED) is 0.280. The number of thioether (sulfide) groups is 1. The Labute approximate surface area is 180 Å². The molecule has 3 rings (SSSR count). The van der Waals surface area contributed by atoms with E-state index >= 15 is 0 Å². The van der Waals surface area contributed by atoms with Crippen molar-refractivity contribution in [2.45, 2.75) is 50.3 Å². The third-order valence-corrected chi connectivity index (χ3v) is 7.06. The number of halogens is 1. The Hall–Kier alpha value is -1.07. The van der Waals surface area contributed by atoms with Crippen LogP contribution in [0.25, 0.3) is 0 Å². The first-order valence-electron chi connectivity index (χ1n) is 8.48. The number of esters is 1. The summed E-state index contributed by atoms with van der Waals surface area (Å²) in [5.41, 5.74) is 0.221. The highest BCUT2D eigenvalue weighted by Gasteiger charge is 2.56. The SMILES string of the molecule is CC(C)(C)OC(=O)C1C(CI)=CS[C@@H]2[C@H](NC(=O)Cc3cccs3)C(=O)N12. The van der Waals surface area contributed by atoms with Gasteiger partial charge in [-0.25, -0.2) is 4.79 Å². The van der Waals surface area contributed by atoms with E-state index in [4.69, 9.17) is 4.74 Å². The van der Waals surface area contributed by atoms with Crippen LogP contribution in [0.3, 0.4) is 0 Å². The largest absolute Gasteiger partial charge is 0.458 e. The van der Waals surface area contributed by atoms with Crippen molar-refractivity contribution in [1.82, 2.24) is 10.2 Å². The standard InChI is InChI=1S/C18H21IN2O4S2/c1-18(2,3)25-17(24)14-10(8-19)9-27-16-13(15(23)21(14)16)20-12(22)7-11-5-4-6-26-11/h4-6,9,13-14,16H,7-8H2,1-3H3,(H,20,22)/t13-,14?,16-/m1/s1. The highest BCUT2D eigenvalue weighted by molar-refractivity contribution is 14.1. The van der Waals surface area contributed by atoms with E-state index in [0.29, 0.717) is 4.43 Å². The van der Waals surface area contributed by atoms with Gasteiger partial charge in [-0.1, -0.05) is 28.7 Å². The molecule has 0 aliphatic carbocycles. The van der Waals surface area contributed by atoms with Crippen molar-refractivity contribution in [1.29, 1.82) is 0 Å². The minimum atomic E-state index is -0.717. The molecular weight excluding hydrogens is 499 g/mol. The minimum absolute atomic E-state index is 0.187.